The molecule has 0 fully saturated rings. The van der Waals surface area contributed by atoms with Crippen LogP contribution in [0.5, 0.6) is 23.0 Å². The Balaban J connectivity index is 0.000000216. The molecule has 0 amide bonds. The first-order chi connectivity index (χ1) is 23.1. The Morgan fingerprint density at radius 2 is 1.24 bits per heavy atom. The van der Waals surface area contributed by atoms with Crippen LogP contribution in [0.15, 0.2) is 59.1 Å². The van der Waals surface area contributed by atoms with E-state index in [2.05, 4.69) is 29.9 Å². The Kier molecular flexibility index (Phi) is 12.8. The summed E-state index contributed by atoms with van der Waals surface area (Å²) in [5.74, 6) is 3.50. The number of methoxy groups -OCH3 is 4. The quantitative estimate of drug-likeness (QED) is 0.190. The molecule has 12 nitrogen and oxygen atoms in total. The molecule has 0 unspecified atom stereocenters. The number of benzene rings is 2. The fourth-order valence-electron chi connectivity index (χ4n) is 5.16. The van der Waals surface area contributed by atoms with E-state index in [-0.39, 0.29) is 34.6 Å². The molecule has 4 aromatic heterocycles. The van der Waals surface area contributed by atoms with E-state index in [1.54, 1.807) is 59.0 Å². The molecule has 49 heavy (non-hydrogen) atoms. The Morgan fingerprint density at radius 1 is 0.694 bits per heavy atom. The van der Waals surface area contributed by atoms with Crippen LogP contribution in [0.4, 0.5) is 0 Å². The molecular weight excluding hydrogens is 677 g/mol. The van der Waals surface area contributed by atoms with Crippen molar-refractivity contribution >= 4 is 66.7 Å². The van der Waals surface area contributed by atoms with Gasteiger partial charge in [-0.2, -0.15) is 0 Å². The van der Waals surface area contributed by atoms with Crippen molar-refractivity contribution in [1.82, 2.24) is 29.9 Å². The number of rotatable bonds is 10. The molecule has 2 atom stereocenters. The molecule has 1 N–H and O–H groups in total. The van der Waals surface area contributed by atoms with E-state index in [1.165, 1.54) is 0 Å². The predicted molar refractivity (Wildman–Crippen MR) is 191 cm³/mol. The third-order valence-electron chi connectivity index (χ3n) is 7.74. The van der Waals surface area contributed by atoms with Crippen molar-refractivity contribution in [2.75, 3.05) is 28.4 Å². The molecule has 6 aromatic rings. The van der Waals surface area contributed by atoms with Gasteiger partial charge < -0.3 is 33.9 Å². The van der Waals surface area contributed by atoms with Crippen LogP contribution < -0.4 is 23.9 Å². The summed E-state index contributed by atoms with van der Waals surface area (Å²) < 4.78 is 46.5. The van der Waals surface area contributed by atoms with Gasteiger partial charge in [-0.25, -0.2) is 4.98 Å². The van der Waals surface area contributed by atoms with E-state index in [0.717, 1.165) is 61.9 Å². The van der Waals surface area contributed by atoms with E-state index in [1.807, 2.05) is 45.9 Å². The molecule has 0 saturated carbocycles. The molecule has 0 aliphatic heterocycles. The second-order valence-corrected chi connectivity index (χ2v) is 13.6. The van der Waals surface area contributed by atoms with Gasteiger partial charge in [-0.3, -0.25) is 18.4 Å². The number of nitrogens with one attached hydrogen (secondary N) is 1. The van der Waals surface area contributed by atoms with Crippen molar-refractivity contribution in [2.24, 2.45) is 0 Å². The molecule has 4 heterocycles. The van der Waals surface area contributed by atoms with Gasteiger partial charge in [0.05, 0.1) is 84.0 Å². The number of H-pyrrole nitrogens is 1. The van der Waals surface area contributed by atoms with E-state index in [9.17, 15) is 8.42 Å². The first-order valence-electron chi connectivity index (χ1n) is 14.8. The Bertz CT molecular complexity index is 2000. The summed E-state index contributed by atoms with van der Waals surface area (Å²) in [7, 11) is 3.74. The monoisotopic (exact) mass is 713 g/mol. The van der Waals surface area contributed by atoms with Gasteiger partial charge in [-0.15, -0.1) is 0 Å². The topological polar surface area (TPSA) is 153 Å². The third kappa shape index (κ3) is 8.40. The Hall–Kier alpha value is -4.05. The molecule has 252 valence electrons. The number of hydrogen-bond acceptors (Lipinski definition) is 10. The zero-order valence-electron chi connectivity index (χ0n) is 28.7. The normalized spacial score (nSPS) is 12.1. The van der Waals surface area contributed by atoms with Crippen LogP contribution in [0.25, 0.3) is 22.1 Å². The maximum absolute atomic E-state index is 12.7. The van der Waals surface area contributed by atoms with Crippen LogP contribution in [0.2, 0.25) is 0 Å². The maximum atomic E-state index is 12.7. The van der Waals surface area contributed by atoms with Gasteiger partial charge >= 0.3 is 23.1 Å². The number of fused-ring (bicyclic) bond motifs is 2. The first kappa shape index (κ1) is 37.8. The van der Waals surface area contributed by atoms with Crippen LogP contribution in [0.3, 0.4) is 0 Å². The van der Waals surface area contributed by atoms with Gasteiger partial charge in [0, 0.05) is 45.9 Å². The van der Waals surface area contributed by atoms with Gasteiger partial charge in [0.2, 0.25) is 0 Å². The fraction of sp³-hybridized carbons (Fsp3) is 0.294. The largest absolute Gasteiger partial charge is 2.00 e. The van der Waals surface area contributed by atoms with Gasteiger partial charge in [0.1, 0.15) is 23.0 Å². The number of aromatic nitrogens is 6. The second kappa shape index (κ2) is 16.6. The fourth-order valence-corrected chi connectivity index (χ4v) is 7.33. The number of imidazole rings is 2. The summed E-state index contributed by atoms with van der Waals surface area (Å²) in [6.07, 6.45) is 3.47. The summed E-state index contributed by atoms with van der Waals surface area (Å²) in [5, 5.41) is 0.734. The smallest absolute Gasteiger partial charge is 0.497 e. The van der Waals surface area contributed by atoms with Crippen LogP contribution in [-0.4, -0.2) is 84.8 Å². The molecule has 0 aliphatic carbocycles. The van der Waals surface area contributed by atoms with Gasteiger partial charge in [0.15, 0.2) is 5.16 Å². The molecule has 6 rings (SSSR count). The van der Waals surface area contributed by atoms with E-state index in [4.69, 9.17) is 18.9 Å². The average molecular weight is 714 g/mol. The second-order valence-electron chi connectivity index (χ2n) is 10.9. The van der Waals surface area contributed by atoms with Crippen LogP contribution in [0, 0.1) is 27.7 Å². The third-order valence-corrected chi connectivity index (χ3v) is 10.0. The standard InChI is InChI=1S/C17H19N3O3S.C17H18N3O3S.Mg/c2*1-10-8-18-15(11(2)16(10)23-4)9-24(21)17-19-13-6-5-12(22-3)7-14(13)20-17;/h5-8H,9H2,1-4H3,(H,19,20);5-8H,9H2,1-4H3;/q;-1;+2/t2*24-;/m00./s1. The number of aromatic amines is 1. The van der Waals surface area contributed by atoms with Crippen LogP contribution in [-0.2, 0) is 33.1 Å². The minimum Gasteiger partial charge on any atom is -0.497 e. The minimum absolute atomic E-state index is 0. The van der Waals surface area contributed by atoms with E-state index in [0.29, 0.717) is 27.1 Å². The van der Waals surface area contributed by atoms with Gasteiger partial charge in [-0.1, -0.05) is 6.07 Å². The van der Waals surface area contributed by atoms with Crippen molar-refractivity contribution in [3.05, 3.63) is 82.4 Å². The molecule has 0 aliphatic rings. The van der Waals surface area contributed by atoms with Gasteiger partial charge in [-0.05, 0) is 63.0 Å². The number of hydrogen-bond donors (Lipinski definition) is 1. The summed E-state index contributed by atoms with van der Waals surface area (Å²) in [5.41, 5.74) is 8.10. The van der Waals surface area contributed by atoms with E-state index >= 15 is 0 Å². The average Bonchev–Trinajstić information content (AvgIpc) is 3.72. The Morgan fingerprint density at radius 3 is 1.82 bits per heavy atom. The van der Waals surface area contributed by atoms with Crippen molar-refractivity contribution in [1.29, 1.82) is 0 Å². The minimum atomic E-state index is -1.38. The summed E-state index contributed by atoms with van der Waals surface area (Å²) >= 11 is 0. The zero-order valence-corrected chi connectivity index (χ0v) is 31.8. The van der Waals surface area contributed by atoms with Crippen molar-refractivity contribution in [3.8, 4) is 23.0 Å². The number of nitrogens with zero attached hydrogens (tertiary/aromatic N) is 5. The van der Waals surface area contributed by atoms with E-state index < -0.39 is 21.6 Å². The SMILES string of the molecule is COc1ccc2[n-]c([S@@](=O)Cc3ncc(C)c(OC)c3C)nc2c1.COc1ccc2nc([S@@](=O)Cc3ncc(C)c(OC)c3C)[nH]c2c1.[Mg+2]. The van der Waals surface area contributed by atoms with Crippen molar-refractivity contribution in [3.63, 3.8) is 0 Å². The molecule has 0 spiro atoms. The molecule has 0 bridgehead atoms. The first-order valence-corrected chi connectivity index (χ1v) is 17.5. The van der Waals surface area contributed by atoms with Crippen LogP contribution >= 0.6 is 0 Å². The molecule has 15 heteroatoms. The number of aryl methyl sites for hydroxylation is 2. The van der Waals surface area contributed by atoms with Crippen molar-refractivity contribution in [2.45, 2.75) is 49.5 Å². The predicted octanol–water partition coefficient (Wildman–Crippen LogP) is 5.05. The van der Waals surface area contributed by atoms with Crippen LogP contribution in [0.1, 0.15) is 33.6 Å². The zero-order chi connectivity index (χ0) is 34.5. The molecule has 0 radical (unpaired) electrons. The maximum Gasteiger partial charge on any atom is 2.00 e. The summed E-state index contributed by atoms with van der Waals surface area (Å²) in [6.45, 7) is 7.71. The molecule has 2 aromatic carbocycles. The van der Waals surface area contributed by atoms with Gasteiger partial charge in [0.25, 0.3) is 0 Å². The Labute approximate surface area is 305 Å². The number of ether oxygens (including phenoxy) is 4. The van der Waals surface area contributed by atoms with Crippen molar-refractivity contribution < 1.29 is 27.4 Å². The summed E-state index contributed by atoms with van der Waals surface area (Å²) in [6, 6.07) is 10.9. The summed E-state index contributed by atoms with van der Waals surface area (Å²) in [4.78, 5) is 25.0. The number of pyridine rings is 2. The molecule has 0 saturated heterocycles. The molecular formula is C34H37MgN6O6S2+.